The van der Waals surface area contributed by atoms with Crippen LogP contribution in [0.25, 0.3) is 4.91 Å². The van der Waals surface area contributed by atoms with Crippen LogP contribution in [0.2, 0.25) is 0 Å². The maximum Gasteiger partial charge on any atom is 0.118 e. The van der Waals surface area contributed by atoms with E-state index in [1.54, 1.807) is 14.2 Å². The van der Waals surface area contributed by atoms with Crippen LogP contribution in [0.1, 0.15) is 28.2 Å². The van der Waals surface area contributed by atoms with Crippen LogP contribution in [0.3, 0.4) is 0 Å². The summed E-state index contributed by atoms with van der Waals surface area (Å²) in [5.41, 5.74) is 5.16. The second kappa shape index (κ2) is 8.11. The minimum absolute atomic E-state index is 0.128. The van der Waals surface area contributed by atoms with Crippen molar-refractivity contribution in [2.24, 2.45) is 0 Å². The number of hydrogen-bond donors (Lipinski definition) is 0. The zero-order valence-corrected chi connectivity index (χ0v) is 20.1. The Balaban J connectivity index is 1.57. The molecule has 6 rings (SSSR count). The number of methoxy groups -OCH3 is 2. The maximum atomic E-state index is 5.48. The molecule has 2 nitrogen and oxygen atoms in total. The van der Waals surface area contributed by atoms with Gasteiger partial charge in [-0.2, -0.15) is 0 Å². The molecule has 168 valence electrons. The van der Waals surface area contributed by atoms with Gasteiger partial charge >= 0.3 is 0 Å². The molecule has 1 heterocycles. The SMILES string of the molecule is COc1ccc(C2=CC3(c4ccccc4)C(c4ccccc4)C3(c3ccc(OC)cc3)S2)cc1. The second-order valence-electron chi connectivity index (χ2n) is 8.88. The third kappa shape index (κ3) is 2.97. The summed E-state index contributed by atoms with van der Waals surface area (Å²) in [6, 6.07) is 39.1. The first-order valence-electron chi connectivity index (χ1n) is 11.5. The Morgan fingerprint density at radius 3 is 1.76 bits per heavy atom. The average molecular weight is 463 g/mol. The van der Waals surface area contributed by atoms with Crippen molar-refractivity contribution in [2.45, 2.75) is 16.1 Å². The molecule has 3 unspecified atom stereocenters. The van der Waals surface area contributed by atoms with Gasteiger partial charge in [0, 0.05) is 16.2 Å². The fraction of sp³-hybridized carbons (Fsp3) is 0.161. The van der Waals surface area contributed by atoms with E-state index in [2.05, 4.69) is 103 Å². The van der Waals surface area contributed by atoms with Gasteiger partial charge in [-0.05, 0) is 46.5 Å². The van der Waals surface area contributed by atoms with E-state index in [0.29, 0.717) is 5.92 Å². The van der Waals surface area contributed by atoms with Gasteiger partial charge in [-0.25, -0.2) is 0 Å². The summed E-state index contributed by atoms with van der Waals surface area (Å²) < 4.78 is 10.8. The number of benzene rings is 4. The Bertz CT molecular complexity index is 1330. The molecule has 0 aromatic heterocycles. The topological polar surface area (TPSA) is 18.5 Å². The summed E-state index contributed by atoms with van der Waals surface area (Å²) in [6.45, 7) is 0. The molecule has 34 heavy (non-hydrogen) atoms. The molecule has 1 fully saturated rings. The van der Waals surface area contributed by atoms with Gasteiger partial charge in [0.15, 0.2) is 0 Å². The normalized spacial score (nSPS) is 24.8. The highest BCUT2D eigenvalue weighted by atomic mass is 32.2. The Morgan fingerprint density at radius 1 is 0.618 bits per heavy atom. The van der Waals surface area contributed by atoms with Gasteiger partial charge in [0.1, 0.15) is 11.5 Å². The van der Waals surface area contributed by atoms with Gasteiger partial charge in [0.25, 0.3) is 0 Å². The monoisotopic (exact) mass is 462 g/mol. The van der Waals surface area contributed by atoms with E-state index in [1.807, 2.05) is 23.9 Å². The van der Waals surface area contributed by atoms with E-state index in [9.17, 15) is 0 Å². The number of allylic oxidation sites excluding steroid dienone is 1. The molecule has 1 aliphatic carbocycles. The van der Waals surface area contributed by atoms with E-state index in [-0.39, 0.29) is 10.2 Å². The third-order valence-electron chi connectivity index (χ3n) is 7.30. The van der Waals surface area contributed by atoms with Crippen LogP contribution >= 0.6 is 11.8 Å². The highest BCUT2D eigenvalue weighted by Gasteiger charge is 2.80. The maximum absolute atomic E-state index is 5.48. The van der Waals surface area contributed by atoms with E-state index in [4.69, 9.17) is 9.47 Å². The van der Waals surface area contributed by atoms with Crippen LogP contribution in [0.5, 0.6) is 11.5 Å². The van der Waals surface area contributed by atoms with Crippen LogP contribution < -0.4 is 9.47 Å². The highest BCUT2D eigenvalue weighted by Crippen LogP contribution is 2.85. The van der Waals surface area contributed by atoms with E-state index in [0.717, 1.165) is 11.5 Å². The molecule has 3 atom stereocenters. The predicted molar refractivity (Wildman–Crippen MR) is 141 cm³/mol. The summed E-state index contributed by atoms with van der Waals surface area (Å²) >= 11 is 2.00. The van der Waals surface area contributed by atoms with Gasteiger partial charge in [-0.3, -0.25) is 0 Å². The van der Waals surface area contributed by atoms with Crippen molar-refractivity contribution in [3.8, 4) is 11.5 Å². The number of rotatable bonds is 6. The number of hydrogen-bond acceptors (Lipinski definition) is 3. The van der Waals surface area contributed by atoms with Crippen molar-refractivity contribution in [1.29, 1.82) is 0 Å². The van der Waals surface area contributed by atoms with Crippen LogP contribution in [-0.4, -0.2) is 14.2 Å². The van der Waals surface area contributed by atoms with Crippen molar-refractivity contribution in [3.05, 3.63) is 138 Å². The van der Waals surface area contributed by atoms with Gasteiger partial charge in [-0.15, -0.1) is 11.8 Å². The third-order valence-corrected chi connectivity index (χ3v) is 9.01. The molecule has 2 aliphatic rings. The Hall–Kier alpha value is -3.43. The van der Waals surface area contributed by atoms with E-state index < -0.39 is 0 Å². The standard InChI is InChI=1S/C31H26O2S/c1-32-26-17-13-22(14-18-26)28-21-30(24-11-7-4-8-12-24)29(23-9-5-3-6-10-23)31(30,34-28)25-15-19-27(33-2)20-16-25/h3-21,29H,1-2H3. The van der Waals surface area contributed by atoms with Crippen molar-refractivity contribution in [3.63, 3.8) is 0 Å². The zero-order valence-electron chi connectivity index (χ0n) is 19.3. The van der Waals surface area contributed by atoms with Crippen LogP contribution in [0.15, 0.2) is 115 Å². The Morgan fingerprint density at radius 2 is 1.18 bits per heavy atom. The highest BCUT2D eigenvalue weighted by molar-refractivity contribution is 8.10. The summed E-state index contributed by atoms with van der Waals surface area (Å²) in [5, 5.41) is 0. The summed E-state index contributed by atoms with van der Waals surface area (Å²) in [4.78, 5) is 1.31. The summed E-state index contributed by atoms with van der Waals surface area (Å²) in [6.07, 6.45) is 2.52. The molecule has 0 radical (unpaired) electrons. The molecule has 0 spiro atoms. The quantitative estimate of drug-likeness (QED) is 0.297. The number of ether oxygens (including phenoxy) is 2. The van der Waals surface area contributed by atoms with Crippen molar-refractivity contribution in [2.75, 3.05) is 14.2 Å². The molecule has 0 N–H and O–H groups in total. The zero-order chi connectivity index (χ0) is 23.2. The lowest BCUT2D eigenvalue weighted by Crippen LogP contribution is -2.13. The lowest BCUT2D eigenvalue weighted by atomic mass is 9.87. The Labute approximate surface area is 205 Å². The first-order valence-corrected chi connectivity index (χ1v) is 12.4. The lowest BCUT2D eigenvalue weighted by molar-refractivity contribution is 0.414. The first kappa shape index (κ1) is 21.1. The predicted octanol–water partition coefficient (Wildman–Crippen LogP) is 7.42. The van der Waals surface area contributed by atoms with E-state index in [1.165, 1.54) is 27.2 Å². The molecule has 0 bridgehead atoms. The van der Waals surface area contributed by atoms with Gasteiger partial charge in [0.2, 0.25) is 0 Å². The molecule has 3 heteroatoms. The molecular weight excluding hydrogens is 436 g/mol. The minimum atomic E-state index is -0.135. The molecule has 1 aliphatic heterocycles. The van der Waals surface area contributed by atoms with Crippen LogP contribution in [-0.2, 0) is 10.2 Å². The van der Waals surface area contributed by atoms with Gasteiger partial charge < -0.3 is 9.47 Å². The second-order valence-corrected chi connectivity index (χ2v) is 10.2. The van der Waals surface area contributed by atoms with Crippen molar-refractivity contribution in [1.82, 2.24) is 0 Å². The number of fused-ring (bicyclic) bond motifs is 1. The average Bonchev–Trinajstić information content (AvgIpc) is 3.34. The van der Waals surface area contributed by atoms with Gasteiger partial charge in [-0.1, -0.05) is 91.0 Å². The molecular formula is C31H26O2S. The van der Waals surface area contributed by atoms with Gasteiger partial charge in [0.05, 0.1) is 19.0 Å². The molecule has 4 aromatic rings. The number of thioether (sulfide) groups is 1. The fourth-order valence-electron chi connectivity index (χ4n) is 5.74. The van der Waals surface area contributed by atoms with Crippen LogP contribution in [0.4, 0.5) is 0 Å². The smallest absolute Gasteiger partial charge is 0.118 e. The molecule has 0 saturated heterocycles. The molecule has 0 amide bonds. The largest absolute Gasteiger partial charge is 0.497 e. The van der Waals surface area contributed by atoms with Crippen molar-refractivity contribution >= 4 is 16.7 Å². The fourth-order valence-corrected chi connectivity index (χ4v) is 7.68. The first-order chi connectivity index (χ1) is 16.7. The Kier molecular flexibility index (Phi) is 5.04. The lowest BCUT2D eigenvalue weighted by Gasteiger charge is -2.19. The van der Waals surface area contributed by atoms with Crippen molar-refractivity contribution < 1.29 is 9.47 Å². The molecule has 4 aromatic carbocycles. The van der Waals surface area contributed by atoms with Crippen LogP contribution in [0, 0.1) is 0 Å². The molecule has 1 saturated carbocycles. The van der Waals surface area contributed by atoms with E-state index >= 15 is 0 Å². The summed E-state index contributed by atoms with van der Waals surface area (Å²) in [5.74, 6) is 2.10. The minimum Gasteiger partial charge on any atom is -0.497 e. The summed E-state index contributed by atoms with van der Waals surface area (Å²) in [7, 11) is 3.43.